The first kappa shape index (κ1) is 12.0. The maximum Gasteiger partial charge on any atom is 0.254 e. The highest BCUT2D eigenvalue weighted by Crippen LogP contribution is 2.34. The number of rotatable bonds is 5. The summed E-state index contributed by atoms with van der Waals surface area (Å²) >= 11 is 5.85. The van der Waals surface area contributed by atoms with Gasteiger partial charge >= 0.3 is 0 Å². The summed E-state index contributed by atoms with van der Waals surface area (Å²) in [6.07, 6.45) is 6.68. The van der Waals surface area contributed by atoms with Crippen molar-refractivity contribution in [3.05, 3.63) is 29.0 Å². The van der Waals surface area contributed by atoms with E-state index in [9.17, 15) is 4.79 Å². The van der Waals surface area contributed by atoms with Gasteiger partial charge in [0.05, 0.1) is 0 Å². The molecule has 2 aliphatic carbocycles. The summed E-state index contributed by atoms with van der Waals surface area (Å²) in [5, 5.41) is 0.388. The van der Waals surface area contributed by atoms with E-state index in [4.69, 9.17) is 11.6 Å². The predicted octanol–water partition coefficient (Wildman–Crippen LogP) is 3.00. The van der Waals surface area contributed by atoms with Gasteiger partial charge in [-0.05, 0) is 49.7 Å². The summed E-state index contributed by atoms with van der Waals surface area (Å²) in [5.41, 5.74) is 0.663. The zero-order valence-corrected chi connectivity index (χ0v) is 11.1. The molecule has 1 heterocycles. The molecule has 96 valence electrons. The smallest absolute Gasteiger partial charge is 0.254 e. The lowest BCUT2D eigenvalue weighted by Gasteiger charge is -2.22. The van der Waals surface area contributed by atoms with Crippen molar-refractivity contribution in [3.8, 4) is 0 Å². The van der Waals surface area contributed by atoms with Crippen molar-refractivity contribution in [1.29, 1.82) is 0 Å². The molecule has 0 N–H and O–H groups in total. The Morgan fingerprint density at radius 2 is 1.89 bits per heavy atom. The number of hydrogen-bond donors (Lipinski definition) is 0. The number of aromatic nitrogens is 1. The van der Waals surface area contributed by atoms with Crippen LogP contribution in [0.25, 0.3) is 0 Å². The summed E-state index contributed by atoms with van der Waals surface area (Å²) < 4.78 is 0. The van der Waals surface area contributed by atoms with Gasteiger partial charge < -0.3 is 4.90 Å². The van der Waals surface area contributed by atoms with Gasteiger partial charge in [0.15, 0.2) is 0 Å². The second-order valence-corrected chi connectivity index (χ2v) is 5.85. The molecule has 1 aromatic rings. The Morgan fingerprint density at radius 1 is 1.28 bits per heavy atom. The number of hydrogen-bond acceptors (Lipinski definition) is 2. The lowest BCUT2D eigenvalue weighted by atomic mass is 10.2. The van der Waals surface area contributed by atoms with Gasteiger partial charge in [0.2, 0.25) is 0 Å². The lowest BCUT2D eigenvalue weighted by Crippen LogP contribution is -2.34. The van der Waals surface area contributed by atoms with E-state index in [-0.39, 0.29) is 5.91 Å². The minimum atomic E-state index is 0.109. The first-order chi connectivity index (χ1) is 8.72. The quantitative estimate of drug-likeness (QED) is 0.766. The molecule has 2 aliphatic rings. The van der Waals surface area contributed by atoms with Crippen LogP contribution in [0, 0.1) is 11.8 Å². The van der Waals surface area contributed by atoms with Crippen molar-refractivity contribution in [2.45, 2.75) is 25.7 Å². The van der Waals surface area contributed by atoms with Gasteiger partial charge in [-0.2, -0.15) is 0 Å². The molecule has 0 spiro atoms. The fourth-order valence-corrected chi connectivity index (χ4v) is 2.36. The molecule has 0 aromatic carbocycles. The van der Waals surface area contributed by atoms with Crippen molar-refractivity contribution in [1.82, 2.24) is 9.88 Å². The van der Waals surface area contributed by atoms with Crippen molar-refractivity contribution < 1.29 is 4.79 Å². The van der Waals surface area contributed by atoms with E-state index in [0.717, 1.165) is 24.9 Å². The van der Waals surface area contributed by atoms with Gasteiger partial charge in [-0.3, -0.25) is 4.79 Å². The Bertz CT molecular complexity index is 441. The van der Waals surface area contributed by atoms with Crippen molar-refractivity contribution in [2.24, 2.45) is 11.8 Å². The van der Waals surface area contributed by atoms with Gasteiger partial charge in [0.25, 0.3) is 5.91 Å². The first-order valence-corrected chi connectivity index (χ1v) is 7.01. The predicted molar refractivity (Wildman–Crippen MR) is 70.6 cm³/mol. The molecule has 0 bridgehead atoms. The molecule has 0 radical (unpaired) electrons. The Morgan fingerprint density at radius 3 is 2.39 bits per heavy atom. The van der Waals surface area contributed by atoms with Crippen LogP contribution in [0.4, 0.5) is 0 Å². The molecule has 3 rings (SSSR count). The average molecular weight is 265 g/mol. The van der Waals surface area contributed by atoms with E-state index < -0.39 is 0 Å². The third kappa shape index (κ3) is 3.02. The van der Waals surface area contributed by atoms with Gasteiger partial charge in [0, 0.05) is 24.8 Å². The van der Waals surface area contributed by atoms with Gasteiger partial charge in [-0.1, -0.05) is 11.6 Å². The fraction of sp³-hybridized carbons (Fsp3) is 0.571. The molecule has 0 unspecified atom stereocenters. The Kier molecular flexibility index (Phi) is 3.25. The van der Waals surface area contributed by atoms with Crippen LogP contribution in [0.3, 0.4) is 0 Å². The van der Waals surface area contributed by atoms with Crippen molar-refractivity contribution in [2.75, 3.05) is 13.1 Å². The van der Waals surface area contributed by atoms with E-state index in [0.29, 0.717) is 10.7 Å². The highest BCUT2D eigenvalue weighted by atomic mass is 35.5. The summed E-state index contributed by atoms with van der Waals surface area (Å²) in [4.78, 5) is 18.4. The molecular formula is C14H17ClN2O. The maximum absolute atomic E-state index is 12.5. The van der Waals surface area contributed by atoms with Crippen LogP contribution in [-0.2, 0) is 0 Å². The third-order valence-electron chi connectivity index (χ3n) is 3.61. The topological polar surface area (TPSA) is 33.2 Å². The number of carbonyl (C=O) groups is 1. The van der Waals surface area contributed by atoms with Crippen molar-refractivity contribution >= 4 is 17.5 Å². The summed E-state index contributed by atoms with van der Waals surface area (Å²) in [5.74, 6) is 1.56. The second kappa shape index (κ2) is 4.88. The Labute approximate surface area is 112 Å². The maximum atomic E-state index is 12.5. The number of nitrogens with zero attached hydrogens (tertiary/aromatic N) is 2. The minimum absolute atomic E-state index is 0.109. The second-order valence-electron chi connectivity index (χ2n) is 5.46. The average Bonchev–Trinajstić information content (AvgIpc) is 3.22. The van der Waals surface area contributed by atoms with E-state index in [2.05, 4.69) is 4.98 Å². The SMILES string of the molecule is O=C(c1ccnc(Cl)c1)N(CC1CC1)CC1CC1. The van der Waals surface area contributed by atoms with Crippen molar-refractivity contribution in [3.63, 3.8) is 0 Å². The highest BCUT2D eigenvalue weighted by molar-refractivity contribution is 6.29. The zero-order chi connectivity index (χ0) is 12.5. The third-order valence-corrected chi connectivity index (χ3v) is 3.82. The van der Waals surface area contributed by atoms with Crippen LogP contribution in [0.1, 0.15) is 36.0 Å². The van der Waals surface area contributed by atoms with Crippen LogP contribution >= 0.6 is 11.6 Å². The molecular weight excluding hydrogens is 248 g/mol. The van der Waals surface area contributed by atoms with Crippen LogP contribution in [0.15, 0.2) is 18.3 Å². The van der Waals surface area contributed by atoms with Crippen LogP contribution < -0.4 is 0 Å². The van der Waals surface area contributed by atoms with Gasteiger partial charge in [-0.25, -0.2) is 4.98 Å². The van der Waals surface area contributed by atoms with E-state index in [1.54, 1.807) is 18.3 Å². The summed E-state index contributed by atoms with van der Waals surface area (Å²) in [6.45, 7) is 1.82. The molecule has 2 saturated carbocycles. The van der Waals surface area contributed by atoms with Crippen LogP contribution in [0.5, 0.6) is 0 Å². The van der Waals surface area contributed by atoms with Crippen LogP contribution in [-0.4, -0.2) is 28.9 Å². The molecule has 0 atom stereocenters. The molecule has 1 amide bonds. The lowest BCUT2D eigenvalue weighted by molar-refractivity contribution is 0.0739. The first-order valence-electron chi connectivity index (χ1n) is 6.63. The molecule has 4 heteroatoms. The number of amides is 1. The summed E-state index contributed by atoms with van der Waals surface area (Å²) in [6, 6.07) is 3.41. The highest BCUT2D eigenvalue weighted by Gasteiger charge is 2.31. The molecule has 1 aromatic heterocycles. The Balaban J connectivity index is 1.72. The number of pyridine rings is 1. The molecule has 2 fully saturated rings. The van der Waals surface area contributed by atoms with E-state index >= 15 is 0 Å². The van der Waals surface area contributed by atoms with Gasteiger partial charge in [-0.15, -0.1) is 0 Å². The van der Waals surface area contributed by atoms with Crippen LogP contribution in [0.2, 0.25) is 5.15 Å². The minimum Gasteiger partial charge on any atom is -0.338 e. The molecule has 18 heavy (non-hydrogen) atoms. The Hall–Kier alpha value is -1.09. The monoisotopic (exact) mass is 264 g/mol. The number of halogens is 1. The standard InChI is InChI=1S/C14H17ClN2O/c15-13-7-12(5-6-16-13)14(18)17(8-10-1-2-10)9-11-3-4-11/h5-7,10-11H,1-4,8-9H2. The fourth-order valence-electron chi connectivity index (χ4n) is 2.18. The summed E-state index contributed by atoms with van der Waals surface area (Å²) in [7, 11) is 0. The van der Waals surface area contributed by atoms with E-state index in [1.165, 1.54) is 25.7 Å². The molecule has 0 saturated heterocycles. The molecule has 0 aliphatic heterocycles. The normalized spacial score (nSPS) is 18.7. The molecule has 3 nitrogen and oxygen atoms in total. The van der Waals surface area contributed by atoms with Gasteiger partial charge in [0.1, 0.15) is 5.15 Å². The van der Waals surface area contributed by atoms with E-state index in [1.807, 2.05) is 4.90 Å². The number of carbonyl (C=O) groups excluding carboxylic acids is 1. The zero-order valence-electron chi connectivity index (χ0n) is 10.3. The largest absolute Gasteiger partial charge is 0.338 e.